The Morgan fingerprint density at radius 3 is 2.07 bits per heavy atom. The number of aliphatic hydroxyl groups excluding tert-OH is 1. The van der Waals surface area contributed by atoms with Crippen LogP contribution < -0.4 is 0 Å². The van der Waals surface area contributed by atoms with Gasteiger partial charge in [0.25, 0.3) is 0 Å². The van der Waals surface area contributed by atoms with Gasteiger partial charge in [-0.05, 0) is 96.2 Å². The molecule has 1 aliphatic rings. The van der Waals surface area contributed by atoms with Crippen LogP contribution in [0.15, 0.2) is 58.8 Å². The number of fused-ring (bicyclic) bond motifs is 6. The molecule has 0 aliphatic heterocycles. The minimum absolute atomic E-state index is 0. The van der Waals surface area contributed by atoms with Crippen molar-refractivity contribution in [3.8, 4) is 11.3 Å². The van der Waals surface area contributed by atoms with E-state index in [1.165, 1.54) is 6.08 Å². The van der Waals surface area contributed by atoms with Gasteiger partial charge in [-0.3, -0.25) is 9.78 Å². The van der Waals surface area contributed by atoms with E-state index in [-0.39, 0.29) is 59.9 Å². The van der Waals surface area contributed by atoms with Crippen molar-refractivity contribution in [1.82, 2.24) is 4.98 Å². The second-order valence-corrected chi connectivity index (χ2v) is 19.4. The molecule has 1 radical (unpaired) electrons. The number of pyridine rings is 1. The molecule has 0 unspecified atom stereocenters. The topological polar surface area (TPSA) is 63.3 Å². The summed E-state index contributed by atoms with van der Waals surface area (Å²) in [6, 6.07) is 15.8. The van der Waals surface area contributed by atoms with Crippen LogP contribution in [0.4, 0.5) is 0 Å². The number of hydrogen-bond donors (Lipinski definition) is 1. The number of nitrogens with zero attached hydrogens (tertiary/aromatic N) is 1. The molecule has 0 fully saturated rings. The molecule has 2 heterocycles. The number of benzene rings is 3. The SMILES string of the molecule is CCC(CC)C(=O)/C=C(\O)C(CC)CC.[2H]C([2H])([2H])c1c(C([2H])([2H])C(C)(C)C)c2c(c3oc4c(-c5[c-]c6ccccc6c(C(C)(C)C)c5)nccc4c13)C(C)(C)CCC2(C)C.[Ir]. The van der Waals surface area contributed by atoms with E-state index >= 15 is 0 Å². The van der Waals surface area contributed by atoms with Gasteiger partial charge in [0.1, 0.15) is 11.2 Å². The summed E-state index contributed by atoms with van der Waals surface area (Å²) in [7, 11) is 0. The van der Waals surface area contributed by atoms with E-state index in [9.17, 15) is 12.6 Å². The Labute approximate surface area is 365 Å². The van der Waals surface area contributed by atoms with Crippen molar-refractivity contribution in [2.24, 2.45) is 17.3 Å². The van der Waals surface area contributed by atoms with Crippen molar-refractivity contribution in [3.05, 3.63) is 88.3 Å². The van der Waals surface area contributed by atoms with Crippen LogP contribution in [0, 0.1) is 30.2 Å². The van der Waals surface area contributed by atoms with Crippen LogP contribution in [0.5, 0.6) is 0 Å². The minimum atomic E-state index is -2.60. The number of aliphatic hydroxyl groups is 1. The fourth-order valence-corrected chi connectivity index (χ4v) is 8.58. The molecule has 0 bridgehead atoms. The van der Waals surface area contributed by atoms with Gasteiger partial charge >= 0.3 is 0 Å². The van der Waals surface area contributed by atoms with Gasteiger partial charge in [0.15, 0.2) is 5.78 Å². The number of ketones is 1. The molecule has 1 aliphatic carbocycles. The van der Waals surface area contributed by atoms with Gasteiger partial charge < -0.3 is 9.52 Å². The average molecular weight is 954 g/mol. The van der Waals surface area contributed by atoms with E-state index in [4.69, 9.17) is 13.5 Å². The largest absolute Gasteiger partial charge is 0.512 e. The average Bonchev–Trinajstić information content (AvgIpc) is 3.54. The maximum Gasteiger partial charge on any atom is 0.162 e. The molecule has 0 saturated heterocycles. The Balaban J connectivity index is 0.000000453. The zero-order valence-corrected chi connectivity index (χ0v) is 39.5. The molecule has 5 aromatic rings. The molecular weight excluding hydrogens is 879 g/mol. The Kier molecular flexibility index (Phi) is 12.1. The number of furan rings is 1. The van der Waals surface area contributed by atoms with Crippen LogP contribution >= 0.6 is 0 Å². The Hall–Kier alpha value is -3.27. The molecule has 57 heavy (non-hydrogen) atoms. The number of aryl methyl sites for hydroxylation is 1. The standard InChI is InChI=1S/C39H46NO.C13H24O2.Ir/c1-23-28(22-36(2,3)4)31-32(39(10,11)18-17-38(31,8)9)35-30(23)27-16-19-40-33(34(27)41-35)25-20-24-14-12-13-15-26(24)29(21-25)37(5,6)7;1-5-10(6-2)12(14)9-13(15)11(7-3)8-4;/h12-16,19,21H,17-18,22H2,1-11H3;9-11,14H,5-8H2,1-4H3;/q-1;;/b;12-9-;/i1D3,22D2;;. The molecule has 0 amide bonds. The zero-order valence-electron chi connectivity index (χ0n) is 42.1. The second-order valence-electron chi connectivity index (χ2n) is 19.4. The first kappa shape index (κ1) is 39.2. The predicted molar refractivity (Wildman–Crippen MR) is 239 cm³/mol. The van der Waals surface area contributed by atoms with Crippen LogP contribution in [-0.4, -0.2) is 15.9 Å². The molecule has 0 spiro atoms. The summed E-state index contributed by atoms with van der Waals surface area (Å²) in [6.45, 7) is 26.2. The summed E-state index contributed by atoms with van der Waals surface area (Å²) >= 11 is 0. The van der Waals surface area contributed by atoms with Gasteiger partial charge in [-0.15, -0.1) is 29.1 Å². The maximum absolute atomic E-state index is 11.7. The van der Waals surface area contributed by atoms with Gasteiger partial charge in [-0.25, -0.2) is 0 Å². The van der Waals surface area contributed by atoms with E-state index in [1.807, 2.05) is 66.7 Å². The number of carbonyl (C=O) groups is 1. The first-order valence-corrected chi connectivity index (χ1v) is 20.9. The number of rotatable bonds is 9. The summed E-state index contributed by atoms with van der Waals surface area (Å²) in [4.78, 5) is 16.6. The van der Waals surface area contributed by atoms with Crippen LogP contribution in [-0.2, 0) is 47.5 Å². The number of allylic oxidation sites excluding steroid dienone is 2. The van der Waals surface area contributed by atoms with Gasteiger partial charge in [-0.1, -0.05) is 126 Å². The number of hydrogen-bond acceptors (Lipinski definition) is 4. The molecule has 5 heteroatoms. The van der Waals surface area contributed by atoms with Crippen LogP contribution in [0.25, 0.3) is 44.0 Å². The predicted octanol–water partition coefficient (Wildman–Crippen LogP) is 15.0. The molecule has 311 valence electrons. The summed E-state index contributed by atoms with van der Waals surface area (Å²) in [6.07, 6.45) is 6.34. The second kappa shape index (κ2) is 17.5. The van der Waals surface area contributed by atoms with Gasteiger partial charge in [0, 0.05) is 73.1 Å². The van der Waals surface area contributed by atoms with Crippen molar-refractivity contribution >= 4 is 38.5 Å². The van der Waals surface area contributed by atoms with E-state index in [1.54, 1.807) is 6.20 Å². The van der Waals surface area contributed by atoms with Crippen molar-refractivity contribution in [2.75, 3.05) is 0 Å². The molecular formula is C52H70IrNO3-. The number of aromatic nitrogens is 1. The van der Waals surface area contributed by atoms with E-state index in [0.29, 0.717) is 33.2 Å². The minimum Gasteiger partial charge on any atom is -0.512 e. The first-order valence-electron chi connectivity index (χ1n) is 23.4. The molecule has 0 saturated carbocycles. The zero-order chi connectivity index (χ0) is 45.8. The number of carbonyl (C=O) groups excluding carboxylic acids is 1. The van der Waals surface area contributed by atoms with Crippen molar-refractivity contribution in [3.63, 3.8) is 0 Å². The van der Waals surface area contributed by atoms with Crippen LogP contribution in [0.2, 0.25) is 0 Å². The fourth-order valence-electron chi connectivity index (χ4n) is 8.58. The van der Waals surface area contributed by atoms with Crippen LogP contribution in [0.3, 0.4) is 0 Å². The fraction of sp³-hybridized carbons (Fsp3) is 0.538. The Morgan fingerprint density at radius 1 is 0.912 bits per heavy atom. The third kappa shape index (κ3) is 9.47. The van der Waals surface area contributed by atoms with Crippen LogP contribution in [0.1, 0.15) is 170 Å². The van der Waals surface area contributed by atoms with E-state index in [2.05, 4.69) is 72.7 Å². The van der Waals surface area contributed by atoms with Gasteiger partial charge in [-0.2, -0.15) is 0 Å². The third-order valence-electron chi connectivity index (χ3n) is 12.0. The van der Waals surface area contributed by atoms with E-state index in [0.717, 1.165) is 71.6 Å². The molecule has 1 N–H and O–H groups in total. The smallest absolute Gasteiger partial charge is 0.162 e. The van der Waals surface area contributed by atoms with Crippen molar-refractivity contribution in [1.29, 1.82) is 0 Å². The van der Waals surface area contributed by atoms with Crippen molar-refractivity contribution in [2.45, 2.75) is 165 Å². The first-order chi connectivity index (χ1) is 28.1. The summed E-state index contributed by atoms with van der Waals surface area (Å²) in [5.41, 5.74) is 3.76. The normalized spacial score (nSPS) is 17.3. The third-order valence-corrected chi connectivity index (χ3v) is 12.0. The molecule has 3 aromatic carbocycles. The molecule has 0 atom stereocenters. The summed E-state index contributed by atoms with van der Waals surface area (Å²) in [5.74, 6) is 0.547. The van der Waals surface area contributed by atoms with E-state index < -0.39 is 24.1 Å². The Morgan fingerprint density at radius 2 is 1.51 bits per heavy atom. The summed E-state index contributed by atoms with van der Waals surface area (Å²) < 4.78 is 53.0. The quantitative estimate of drug-likeness (QED) is 0.0908. The van der Waals surface area contributed by atoms with Gasteiger partial charge in [0.05, 0.1) is 5.76 Å². The Bertz CT molecular complexity index is 2450. The molecule has 2 aromatic heterocycles. The van der Waals surface area contributed by atoms with Crippen molar-refractivity contribution < 1.29 is 41.3 Å². The van der Waals surface area contributed by atoms with Gasteiger partial charge in [0.2, 0.25) is 0 Å². The summed E-state index contributed by atoms with van der Waals surface area (Å²) in [5, 5.41) is 13.0. The maximum atomic E-state index is 11.7. The monoisotopic (exact) mass is 955 g/mol. The molecule has 4 nitrogen and oxygen atoms in total. The molecule has 6 rings (SSSR count).